The predicted octanol–water partition coefficient (Wildman–Crippen LogP) is 7.99. The summed E-state index contributed by atoms with van der Waals surface area (Å²) in [6.45, 7) is 17.5. The summed E-state index contributed by atoms with van der Waals surface area (Å²) in [4.78, 5) is 12.9. The maximum Gasteiger partial charge on any atom is 0.138 e. The van der Waals surface area contributed by atoms with Gasteiger partial charge in [-0.1, -0.05) is 60.1 Å². The molecule has 4 saturated carbocycles. The zero-order valence-electron chi connectivity index (χ0n) is 20.9. The van der Waals surface area contributed by atoms with Crippen LogP contribution in [0, 0.1) is 50.7 Å². The van der Waals surface area contributed by atoms with Gasteiger partial charge in [-0.25, -0.2) is 0 Å². The molecule has 0 aliphatic heterocycles. The quantitative estimate of drug-likeness (QED) is 0.370. The second-order valence-electron chi connectivity index (χ2n) is 14.3. The average molecular weight is 411 g/mol. The fourth-order valence-corrected chi connectivity index (χ4v) is 10.2. The van der Waals surface area contributed by atoms with Crippen molar-refractivity contribution in [3.63, 3.8) is 0 Å². The van der Waals surface area contributed by atoms with Gasteiger partial charge in [0.15, 0.2) is 0 Å². The lowest BCUT2D eigenvalue weighted by molar-refractivity contribution is -0.181. The third-order valence-electron chi connectivity index (χ3n) is 12.2. The van der Waals surface area contributed by atoms with Gasteiger partial charge in [-0.05, 0) is 103 Å². The van der Waals surface area contributed by atoms with Crippen LogP contribution in [0.1, 0.15) is 113 Å². The fraction of sp³-hybridized carbons (Fsp3) is 0.897. The molecule has 0 aromatic carbocycles. The van der Waals surface area contributed by atoms with Crippen molar-refractivity contribution in [1.29, 1.82) is 0 Å². The smallest absolute Gasteiger partial charge is 0.138 e. The van der Waals surface area contributed by atoms with Gasteiger partial charge in [0.1, 0.15) is 5.78 Å². The van der Waals surface area contributed by atoms with Crippen molar-refractivity contribution in [1.82, 2.24) is 0 Å². The van der Waals surface area contributed by atoms with E-state index in [9.17, 15) is 4.79 Å². The average Bonchev–Trinajstić information content (AvgIpc) is 2.65. The summed E-state index contributed by atoms with van der Waals surface area (Å²) in [7, 11) is 0. The van der Waals surface area contributed by atoms with Gasteiger partial charge in [0.05, 0.1) is 0 Å². The molecule has 168 valence electrons. The van der Waals surface area contributed by atoms with Crippen LogP contribution in [0.3, 0.4) is 0 Å². The first kappa shape index (κ1) is 21.3. The van der Waals surface area contributed by atoms with Gasteiger partial charge >= 0.3 is 0 Å². The molecule has 30 heavy (non-hydrogen) atoms. The molecule has 0 spiro atoms. The topological polar surface area (TPSA) is 17.1 Å². The van der Waals surface area contributed by atoms with E-state index in [1.165, 1.54) is 51.4 Å². The highest BCUT2D eigenvalue weighted by molar-refractivity contribution is 5.85. The van der Waals surface area contributed by atoms with E-state index in [2.05, 4.69) is 54.5 Å². The van der Waals surface area contributed by atoms with Crippen molar-refractivity contribution in [3.8, 4) is 0 Å². The first-order valence-corrected chi connectivity index (χ1v) is 13.1. The SMILES string of the molecule is CC1(C)CC[C@H]2CC[C@@]3(C)C(=CCC4[C@]5(C)CCC(=O)C(C)(C)C5CC[C@@]43C)C2C1. The van der Waals surface area contributed by atoms with Crippen molar-refractivity contribution in [3.05, 3.63) is 11.6 Å². The van der Waals surface area contributed by atoms with E-state index in [0.29, 0.717) is 33.4 Å². The molecule has 4 fully saturated rings. The molecular weight excluding hydrogens is 364 g/mol. The van der Waals surface area contributed by atoms with Crippen molar-refractivity contribution >= 4 is 5.78 Å². The van der Waals surface area contributed by atoms with Gasteiger partial charge in [0, 0.05) is 11.8 Å². The van der Waals surface area contributed by atoms with E-state index < -0.39 is 0 Å². The van der Waals surface area contributed by atoms with Crippen LogP contribution in [0.5, 0.6) is 0 Å². The first-order valence-electron chi connectivity index (χ1n) is 13.1. The molecule has 0 heterocycles. The maximum atomic E-state index is 12.9. The van der Waals surface area contributed by atoms with E-state index >= 15 is 0 Å². The minimum absolute atomic E-state index is 0.135. The van der Waals surface area contributed by atoms with Gasteiger partial charge in [0.2, 0.25) is 0 Å². The number of Topliss-reactive ketones (excluding diaryl/α,β-unsaturated/α-hetero) is 1. The molecule has 5 rings (SSSR count). The summed E-state index contributed by atoms with van der Waals surface area (Å²) >= 11 is 0. The summed E-state index contributed by atoms with van der Waals surface area (Å²) in [5.41, 5.74) is 3.33. The second kappa shape index (κ2) is 6.26. The minimum Gasteiger partial charge on any atom is -0.299 e. The summed E-state index contributed by atoms with van der Waals surface area (Å²) in [6.07, 6.45) is 15.6. The normalized spacial score (nSPS) is 51.7. The van der Waals surface area contributed by atoms with Gasteiger partial charge in [-0.2, -0.15) is 0 Å². The van der Waals surface area contributed by atoms with Crippen molar-refractivity contribution in [2.75, 3.05) is 0 Å². The standard InChI is InChI=1S/C29H46O/c1-25(2)14-10-19-11-16-28(6)21(20(19)18-25)8-9-23-27(5)15-13-24(30)26(3,4)22(27)12-17-29(23,28)7/h8,19-20,22-23H,9-18H2,1-7H3/t19-,20?,22?,23?,27+,28-,29-/m0/s1. The van der Waals surface area contributed by atoms with E-state index in [1.54, 1.807) is 0 Å². The Morgan fingerprint density at radius 3 is 2.27 bits per heavy atom. The lowest BCUT2D eigenvalue weighted by atomic mass is 9.34. The minimum atomic E-state index is -0.135. The molecule has 0 bridgehead atoms. The highest BCUT2D eigenvalue weighted by atomic mass is 16.1. The van der Waals surface area contributed by atoms with Crippen LogP contribution in [-0.4, -0.2) is 5.78 Å². The molecule has 0 aromatic rings. The molecule has 1 heteroatoms. The zero-order valence-corrected chi connectivity index (χ0v) is 20.9. The largest absolute Gasteiger partial charge is 0.299 e. The van der Waals surface area contributed by atoms with E-state index in [-0.39, 0.29) is 5.41 Å². The number of ketones is 1. The molecule has 0 amide bonds. The van der Waals surface area contributed by atoms with Gasteiger partial charge in [-0.3, -0.25) is 4.79 Å². The van der Waals surface area contributed by atoms with E-state index in [1.807, 2.05) is 5.57 Å². The zero-order chi connectivity index (χ0) is 21.7. The number of fused-ring (bicyclic) bond motifs is 7. The highest BCUT2D eigenvalue weighted by Gasteiger charge is 2.66. The van der Waals surface area contributed by atoms with E-state index in [4.69, 9.17) is 0 Å². The van der Waals surface area contributed by atoms with E-state index in [0.717, 1.165) is 30.6 Å². The Balaban J connectivity index is 1.56. The lowest BCUT2D eigenvalue weighted by Gasteiger charge is -2.69. The Hall–Kier alpha value is -0.590. The van der Waals surface area contributed by atoms with Crippen LogP contribution in [0.4, 0.5) is 0 Å². The molecule has 0 aromatic heterocycles. The molecule has 0 saturated heterocycles. The number of allylic oxidation sites excluding steroid dienone is 2. The number of hydrogen-bond acceptors (Lipinski definition) is 1. The monoisotopic (exact) mass is 410 g/mol. The molecule has 1 nitrogen and oxygen atoms in total. The maximum absolute atomic E-state index is 12.9. The van der Waals surface area contributed by atoms with Gasteiger partial charge in [-0.15, -0.1) is 0 Å². The summed E-state index contributed by atoms with van der Waals surface area (Å²) in [6, 6.07) is 0. The highest BCUT2D eigenvalue weighted by Crippen LogP contribution is 2.74. The molecule has 7 atom stereocenters. The molecule has 5 aliphatic carbocycles. The predicted molar refractivity (Wildman–Crippen MR) is 125 cm³/mol. The number of hydrogen-bond donors (Lipinski definition) is 0. The molecule has 0 radical (unpaired) electrons. The Bertz CT molecular complexity index is 786. The van der Waals surface area contributed by atoms with Crippen LogP contribution in [0.15, 0.2) is 11.6 Å². The van der Waals surface area contributed by atoms with Crippen LogP contribution < -0.4 is 0 Å². The lowest BCUT2D eigenvalue weighted by Crippen LogP contribution is -2.63. The third-order valence-corrected chi connectivity index (χ3v) is 12.2. The molecule has 5 aliphatic rings. The van der Waals surface area contributed by atoms with Crippen LogP contribution in [-0.2, 0) is 4.79 Å². The van der Waals surface area contributed by atoms with Crippen molar-refractivity contribution in [2.45, 2.75) is 113 Å². The van der Waals surface area contributed by atoms with Crippen LogP contribution >= 0.6 is 0 Å². The second-order valence-corrected chi connectivity index (χ2v) is 14.3. The summed E-state index contributed by atoms with van der Waals surface area (Å²) in [5.74, 6) is 3.60. The van der Waals surface area contributed by atoms with Crippen molar-refractivity contribution in [2.24, 2.45) is 50.7 Å². The van der Waals surface area contributed by atoms with Crippen LogP contribution in [0.25, 0.3) is 0 Å². The van der Waals surface area contributed by atoms with Gasteiger partial charge in [0.25, 0.3) is 0 Å². The van der Waals surface area contributed by atoms with Gasteiger partial charge < -0.3 is 0 Å². The first-order chi connectivity index (χ1) is 13.9. The molecule has 3 unspecified atom stereocenters. The number of carbonyl (C=O) groups is 1. The summed E-state index contributed by atoms with van der Waals surface area (Å²) < 4.78 is 0. The molecular formula is C29H46O. The summed E-state index contributed by atoms with van der Waals surface area (Å²) in [5, 5.41) is 0. The Morgan fingerprint density at radius 1 is 0.833 bits per heavy atom. The number of carbonyl (C=O) groups excluding carboxylic acids is 1. The number of rotatable bonds is 0. The van der Waals surface area contributed by atoms with Crippen molar-refractivity contribution < 1.29 is 4.79 Å². The Kier molecular flexibility index (Phi) is 4.43. The Morgan fingerprint density at radius 2 is 1.53 bits per heavy atom. The fourth-order valence-electron chi connectivity index (χ4n) is 10.2. The van der Waals surface area contributed by atoms with Crippen LogP contribution in [0.2, 0.25) is 0 Å². The molecule has 0 N–H and O–H groups in total. The third kappa shape index (κ3) is 2.56. The Labute approximate surface area is 185 Å².